The first-order valence-corrected chi connectivity index (χ1v) is 11.4. The van der Waals surface area contributed by atoms with E-state index in [1.54, 1.807) is 0 Å². The highest BCUT2D eigenvalue weighted by atomic mass is 32.1. The first-order chi connectivity index (χ1) is 15.2. The molecule has 0 saturated carbocycles. The van der Waals surface area contributed by atoms with Crippen molar-refractivity contribution < 1.29 is 24.6 Å². The van der Waals surface area contributed by atoms with Crippen molar-refractivity contribution in [1.29, 1.82) is 0 Å². The summed E-state index contributed by atoms with van der Waals surface area (Å²) in [5.41, 5.74) is 6.73. The van der Waals surface area contributed by atoms with E-state index in [1.807, 2.05) is 44.2 Å². The van der Waals surface area contributed by atoms with Crippen molar-refractivity contribution in [3.05, 3.63) is 35.9 Å². The van der Waals surface area contributed by atoms with Gasteiger partial charge in [0.2, 0.25) is 11.8 Å². The molecule has 2 amide bonds. The average molecular weight is 469 g/mol. The van der Waals surface area contributed by atoms with Crippen LogP contribution in [0.4, 0.5) is 0 Å². The van der Waals surface area contributed by atoms with E-state index in [-0.39, 0.29) is 30.7 Å². The second kappa shape index (κ2) is 14.8. The summed E-state index contributed by atoms with van der Waals surface area (Å²) in [5, 5.41) is 26.8. The van der Waals surface area contributed by atoms with Crippen LogP contribution in [0.2, 0.25) is 0 Å². The highest BCUT2D eigenvalue weighted by Crippen LogP contribution is 2.10. The van der Waals surface area contributed by atoms with Crippen molar-refractivity contribution in [2.45, 2.75) is 57.3 Å². The number of carboxylic acid groups (broad SMARTS) is 1. The zero-order chi connectivity index (χ0) is 24.1. The van der Waals surface area contributed by atoms with Crippen LogP contribution in [0.25, 0.3) is 0 Å². The first kappa shape index (κ1) is 27.9. The number of carbonyl (C=O) groups is 3. The molecule has 1 aromatic carbocycles. The Hall–Kier alpha value is -2.14. The second-order valence-electron chi connectivity index (χ2n) is 7.88. The predicted molar refractivity (Wildman–Crippen MR) is 126 cm³/mol. The van der Waals surface area contributed by atoms with Crippen LogP contribution in [-0.4, -0.2) is 71.1 Å². The Labute approximate surface area is 194 Å². The molecule has 0 aliphatic rings. The zero-order valence-electron chi connectivity index (χ0n) is 18.7. The summed E-state index contributed by atoms with van der Waals surface area (Å²) in [6.45, 7) is 3.89. The Morgan fingerprint density at radius 3 is 2.25 bits per heavy atom. The van der Waals surface area contributed by atoms with E-state index in [1.165, 1.54) is 0 Å². The van der Waals surface area contributed by atoms with Gasteiger partial charge in [0.25, 0.3) is 0 Å². The maximum absolute atomic E-state index is 13.1. The smallest absolute Gasteiger partial charge is 0.326 e. The van der Waals surface area contributed by atoms with Crippen LogP contribution in [0, 0.1) is 5.92 Å². The molecule has 180 valence electrons. The lowest BCUT2D eigenvalue weighted by atomic mass is 9.97. The van der Waals surface area contributed by atoms with Crippen molar-refractivity contribution in [3.63, 3.8) is 0 Å². The average Bonchev–Trinajstić information content (AvgIpc) is 2.78. The number of benzene rings is 1. The Morgan fingerprint density at radius 2 is 1.72 bits per heavy atom. The molecule has 32 heavy (non-hydrogen) atoms. The summed E-state index contributed by atoms with van der Waals surface area (Å²) in [5.74, 6) is -1.81. The highest BCUT2D eigenvalue weighted by molar-refractivity contribution is 7.80. The van der Waals surface area contributed by atoms with Crippen LogP contribution in [-0.2, 0) is 20.8 Å². The molecule has 0 aliphatic carbocycles. The van der Waals surface area contributed by atoms with Crippen LogP contribution >= 0.6 is 12.6 Å². The van der Waals surface area contributed by atoms with Gasteiger partial charge in [-0.1, -0.05) is 50.6 Å². The highest BCUT2D eigenvalue weighted by Gasteiger charge is 2.30. The maximum Gasteiger partial charge on any atom is 0.326 e. The summed E-state index contributed by atoms with van der Waals surface area (Å²) in [6.07, 6.45) is 0.785. The van der Waals surface area contributed by atoms with Crippen molar-refractivity contribution in [2.75, 3.05) is 18.9 Å². The number of aliphatic carboxylic acids is 1. The maximum atomic E-state index is 13.1. The molecule has 0 unspecified atom stereocenters. The summed E-state index contributed by atoms with van der Waals surface area (Å²) < 4.78 is 0. The molecule has 0 bridgehead atoms. The molecule has 0 heterocycles. The SMILES string of the molecule is CC[C@H](C)[C@H](NC[C@@H](N)CS)C(=O)N[C@@H](Cc1ccccc1)C(=O)N[C@@H](CCO)C(=O)O. The lowest BCUT2D eigenvalue weighted by Crippen LogP contribution is -2.58. The Balaban J connectivity index is 3.04. The van der Waals surface area contributed by atoms with Crippen LogP contribution in [0.3, 0.4) is 0 Å². The lowest BCUT2D eigenvalue weighted by Gasteiger charge is -2.28. The number of carboxylic acids is 1. The minimum atomic E-state index is -1.25. The predicted octanol–water partition coefficient (Wildman–Crippen LogP) is -0.0729. The fraction of sp³-hybridized carbons (Fsp3) is 0.591. The minimum Gasteiger partial charge on any atom is -0.480 e. The number of nitrogens with one attached hydrogen (secondary N) is 3. The molecule has 0 aliphatic heterocycles. The molecule has 7 N–H and O–H groups in total. The van der Waals surface area contributed by atoms with Gasteiger partial charge in [-0.05, 0) is 11.5 Å². The summed E-state index contributed by atoms with van der Waals surface area (Å²) >= 11 is 4.16. The Morgan fingerprint density at radius 1 is 1.09 bits per heavy atom. The topological polar surface area (TPSA) is 154 Å². The fourth-order valence-electron chi connectivity index (χ4n) is 3.11. The van der Waals surface area contributed by atoms with Gasteiger partial charge in [0.05, 0.1) is 6.04 Å². The van der Waals surface area contributed by atoms with Gasteiger partial charge in [0.15, 0.2) is 0 Å². The van der Waals surface area contributed by atoms with Gasteiger partial charge in [0, 0.05) is 37.8 Å². The van der Waals surface area contributed by atoms with Gasteiger partial charge < -0.3 is 31.9 Å². The van der Waals surface area contributed by atoms with Crippen LogP contribution in [0.1, 0.15) is 32.3 Å². The fourth-order valence-corrected chi connectivity index (χ4v) is 3.24. The number of carbonyl (C=O) groups excluding carboxylic acids is 2. The number of hydrogen-bond acceptors (Lipinski definition) is 7. The van der Waals surface area contributed by atoms with Crippen molar-refractivity contribution in [1.82, 2.24) is 16.0 Å². The Bertz CT molecular complexity index is 722. The largest absolute Gasteiger partial charge is 0.480 e. The normalized spacial score (nSPS) is 15.8. The number of thiol groups is 1. The van der Waals surface area contributed by atoms with Crippen molar-refractivity contribution in [3.8, 4) is 0 Å². The van der Waals surface area contributed by atoms with E-state index in [0.29, 0.717) is 12.3 Å². The van der Waals surface area contributed by atoms with E-state index in [2.05, 4.69) is 28.6 Å². The van der Waals surface area contributed by atoms with E-state index in [9.17, 15) is 19.5 Å². The summed E-state index contributed by atoms with van der Waals surface area (Å²) in [6, 6.07) is 6.08. The molecule has 0 fully saturated rings. The van der Waals surface area contributed by atoms with E-state index in [4.69, 9.17) is 10.8 Å². The lowest BCUT2D eigenvalue weighted by molar-refractivity contribution is -0.142. The molecule has 0 spiro atoms. The molecule has 10 heteroatoms. The molecular formula is C22H36N4O5S. The Kier molecular flexibility index (Phi) is 12.9. The molecule has 1 rings (SSSR count). The van der Waals surface area contributed by atoms with Gasteiger partial charge >= 0.3 is 5.97 Å². The third-order valence-corrected chi connectivity index (χ3v) is 5.75. The summed E-state index contributed by atoms with van der Waals surface area (Å²) in [4.78, 5) is 37.5. The van der Waals surface area contributed by atoms with Gasteiger partial charge in [-0.2, -0.15) is 12.6 Å². The van der Waals surface area contributed by atoms with Gasteiger partial charge in [0.1, 0.15) is 12.1 Å². The van der Waals surface area contributed by atoms with Gasteiger partial charge in [-0.25, -0.2) is 4.79 Å². The number of amides is 2. The number of aliphatic hydroxyl groups excluding tert-OH is 1. The van der Waals surface area contributed by atoms with Crippen molar-refractivity contribution in [2.24, 2.45) is 11.7 Å². The zero-order valence-corrected chi connectivity index (χ0v) is 19.6. The quantitative estimate of drug-likeness (QED) is 0.178. The van der Waals surface area contributed by atoms with Crippen molar-refractivity contribution >= 4 is 30.4 Å². The molecular weight excluding hydrogens is 432 g/mol. The number of nitrogens with two attached hydrogens (primary N) is 1. The second-order valence-corrected chi connectivity index (χ2v) is 8.24. The molecule has 9 nitrogen and oxygen atoms in total. The molecule has 5 atom stereocenters. The first-order valence-electron chi connectivity index (χ1n) is 10.8. The van der Waals surface area contributed by atoms with E-state index in [0.717, 1.165) is 12.0 Å². The monoisotopic (exact) mass is 468 g/mol. The number of hydrogen-bond donors (Lipinski definition) is 7. The number of aliphatic hydroxyl groups is 1. The molecule has 0 radical (unpaired) electrons. The molecule has 0 aromatic heterocycles. The molecule has 0 saturated heterocycles. The third kappa shape index (κ3) is 9.56. The van der Waals surface area contributed by atoms with E-state index >= 15 is 0 Å². The van der Waals surface area contributed by atoms with E-state index < -0.39 is 36.6 Å². The minimum absolute atomic E-state index is 0.0243. The van der Waals surface area contributed by atoms with Crippen LogP contribution < -0.4 is 21.7 Å². The third-order valence-electron chi connectivity index (χ3n) is 5.28. The number of rotatable bonds is 15. The van der Waals surface area contributed by atoms with Gasteiger partial charge in [-0.15, -0.1) is 0 Å². The molecule has 1 aromatic rings. The van der Waals surface area contributed by atoms with Crippen LogP contribution in [0.15, 0.2) is 30.3 Å². The van der Waals surface area contributed by atoms with Gasteiger partial charge in [-0.3, -0.25) is 9.59 Å². The van der Waals surface area contributed by atoms with Crippen LogP contribution in [0.5, 0.6) is 0 Å². The standard InChI is InChI=1S/C22H36N4O5S/c1-3-14(2)19(24-12-16(23)13-32)21(29)26-18(11-15-7-5-4-6-8-15)20(28)25-17(9-10-27)22(30)31/h4-8,14,16-19,24,27,32H,3,9-13,23H2,1-2H3,(H,25,28)(H,26,29)(H,30,31)/t14-,16+,17-,18-,19-/m0/s1. The summed E-state index contributed by atoms with van der Waals surface area (Å²) in [7, 11) is 0.